The van der Waals surface area contributed by atoms with E-state index in [0.717, 1.165) is 24.0 Å². The summed E-state index contributed by atoms with van der Waals surface area (Å²) in [4.78, 5) is 23.4. The van der Waals surface area contributed by atoms with Gasteiger partial charge in [0.1, 0.15) is 0 Å². The standard InChI is InChI=1S/C15H22N2O3/c1-4-11-6-7-12(5-2)13(8-11)17-15(20)14(19)16-9-10(3)18/h6-8,10,18H,4-5,9H2,1-3H3,(H,16,19)(H,17,20). The topological polar surface area (TPSA) is 78.4 Å². The highest BCUT2D eigenvalue weighted by Gasteiger charge is 2.15. The highest BCUT2D eigenvalue weighted by Crippen LogP contribution is 2.18. The Hall–Kier alpha value is -1.88. The van der Waals surface area contributed by atoms with Crippen molar-refractivity contribution in [3.05, 3.63) is 29.3 Å². The van der Waals surface area contributed by atoms with Crippen LogP contribution >= 0.6 is 0 Å². The molecule has 0 aromatic heterocycles. The zero-order chi connectivity index (χ0) is 15.1. The molecule has 0 spiro atoms. The predicted octanol–water partition coefficient (Wildman–Crippen LogP) is 1.25. The number of nitrogens with one attached hydrogen (secondary N) is 2. The summed E-state index contributed by atoms with van der Waals surface area (Å²) in [6, 6.07) is 5.86. The lowest BCUT2D eigenvalue weighted by atomic mass is 10.1. The van der Waals surface area contributed by atoms with E-state index in [9.17, 15) is 9.59 Å². The largest absolute Gasteiger partial charge is 0.392 e. The number of aliphatic hydroxyl groups is 1. The molecule has 0 saturated carbocycles. The molecule has 20 heavy (non-hydrogen) atoms. The Morgan fingerprint density at radius 2 is 1.90 bits per heavy atom. The Balaban J connectivity index is 2.76. The van der Waals surface area contributed by atoms with Crippen molar-refractivity contribution >= 4 is 17.5 Å². The van der Waals surface area contributed by atoms with E-state index < -0.39 is 17.9 Å². The van der Waals surface area contributed by atoms with E-state index in [1.165, 1.54) is 6.92 Å². The van der Waals surface area contributed by atoms with E-state index in [-0.39, 0.29) is 6.54 Å². The lowest BCUT2D eigenvalue weighted by Crippen LogP contribution is -2.39. The third-order valence-electron chi connectivity index (χ3n) is 2.98. The summed E-state index contributed by atoms with van der Waals surface area (Å²) in [5.74, 6) is -1.46. The molecule has 0 bridgehead atoms. The van der Waals surface area contributed by atoms with Crippen molar-refractivity contribution in [3.63, 3.8) is 0 Å². The Kier molecular flexibility index (Phi) is 6.18. The van der Waals surface area contributed by atoms with Gasteiger partial charge < -0.3 is 15.7 Å². The number of carbonyl (C=O) groups excluding carboxylic acids is 2. The molecule has 0 saturated heterocycles. The van der Waals surface area contributed by atoms with Gasteiger partial charge in [-0.3, -0.25) is 9.59 Å². The average Bonchev–Trinajstić information content (AvgIpc) is 2.44. The summed E-state index contributed by atoms with van der Waals surface area (Å²) in [7, 11) is 0. The minimum Gasteiger partial charge on any atom is -0.392 e. The molecule has 1 rings (SSSR count). The summed E-state index contributed by atoms with van der Waals surface area (Å²) >= 11 is 0. The van der Waals surface area contributed by atoms with Crippen LogP contribution in [0, 0.1) is 0 Å². The fourth-order valence-electron chi connectivity index (χ4n) is 1.77. The molecule has 0 aliphatic carbocycles. The number of carbonyl (C=O) groups is 2. The zero-order valence-corrected chi connectivity index (χ0v) is 12.2. The zero-order valence-electron chi connectivity index (χ0n) is 12.2. The molecule has 1 unspecified atom stereocenters. The first-order valence-electron chi connectivity index (χ1n) is 6.86. The number of rotatable bonds is 5. The van der Waals surface area contributed by atoms with E-state index in [0.29, 0.717) is 5.69 Å². The van der Waals surface area contributed by atoms with Gasteiger partial charge in [-0.15, -0.1) is 0 Å². The van der Waals surface area contributed by atoms with Crippen LogP contribution in [0.3, 0.4) is 0 Å². The maximum atomic E-state index is 11.8. The molecule has 5 heteroatoms. The highest BCUT2D eigenvalue weighted by atomic mass is 16.3. The normalized spacial score (nSPS) is 11.8. The van der Waals surface area contributed by atoms with E-state index >= 15 is 0 Å². The quantitative estimate of drug-likeness (QED) is 0.709. The second-order valence-corrected chi connectivity index (χ2v) is 4.71. The Labute approximate surface area is 119 Å². The number of amides is 2. The van der Waals surface area contributed by atoms with Crippen LogP contribution in [0.1, 0.15) is 31.9 Å². The SMILES string of the molecule is CCc1ccc(CC)c(NC(=O)C(=O)NCC(C)O)c1. The van der Waals surface area contributed by atoms with Crippen LogP contribution in [0.4, 0.5) is 5.69 Å². The first kappa shape index (κ1) is 16.2. The Bertz CT molecular complexity index is 484. The van der Waals surface area contributed by atoms with Gasteiger partial charge in [0.05, 0.1) is 6.10 Å². The van der Waals surface area contributed by atoms with Gasteiger partial charge in [-0.2, -0.15) is 0 Å². The number of aryl methyl sites for hydroxylation is 2. The molecule has 0 aliphatic rings. The molecule has 110 valence electrons. The molecular weight excluding hydrogens is 256 g/mol. The molecule has 5 nitrogen and oxygen atoms in total. The Morgan fingerprint density at radius 3 is 2.45 bits per heavy atom. The fraction of sp³-hybridized carbons (Fsp3) is 0.467. The summed E-state index contributed by atoms with van der Waals surface area (Å²) in [6.45, 7) is 5.62. The van der Waals surface area contributed by atoms with Crippen LogP contribution in [-0.2, 0) is 22.4 Å². The number of benzene rings is 1. The van der Waals surface area contributed by atoms with Gasteiger partial charge in [-0.25, -0.2) is 0 Å². The molecule has 0 heterocycles. The van der Waals surface area contributed by atoms with E-state index in [1.807, 2.05) is 32.0 Å². The van der Waals surface area contributed by atoms with Crippen LogP contribution in [0.2, 0.25) is 0 Å². The monoisotopic (exact) mass is 278 g/mol. The number of hydrogen-bond donors (Lipinski definition) is 3. The average molecular weight is 278 g/mol. The predicted molar refractivity (Wildman–Crippen MR) is 78.5 cm³/mol. The maximum Gasteiger partial charge on any atom is 0.313 e. The van der Waals surface area contributed by atoms with Crippen LogP contribution in [0.25, 0.3) is 0 Å². The van der Waals surface area contributed by atoms with Crippen molar-refractivity contribution in [2.45, 2.75) is 39.7 Å². The van der Waals surface area contributed by atoms with Crippen LogP contribution in [0.5, 0.6) is 0 Å². The van der Waals surface area contributed by atoms with Crippen molar-refractivity contribution in [1.29, 1.82) is 0 Å². The summed E-state index contributed by atoms with van der Waals surface area (Å²) in [6.07, 6.45) is 0.956. The molecule has 1 aromatic carbocycles. The molecule has 0 fully saturated rings. The molecule has 1 atom stereocenters. The summed E-state index contributed by atoms with van der Waals surface area (Å²) in [5, 5.41) is 14.1. The Morgan fingerprint density at radius 1 is 1.20 bits per heavy atom. The van der Waals surface area contributed by atoms with Crippen LogP contribution in [0.15, 0.2) is 18.2 Å². The minimum atomic E-state index is -0.741. The number of aliphatic hydroxyl groups excluding tert-OH is 1. The van der Waals surface area contributed by atoms with Crippen molar-refractivity contribution in [2.24, 2.45) is 0 Å². The van der Waals surface area contributed by atoms with Crippen molar-refractivity contribution < 1.29 is 14.7 Å². The van der Waals surface area contributed by atoms with Crippen LogP contribution in [-0.4, -0.2) is 29.6 Å². The maximum absolute atomic E-state index is 11.8. The van der Waals surface area contributed by atoms with Crippen molar-refractivity contribution in [1.82, 2.24) is 5.32 Å². The fourth-order valence-corrected chi connectivity index (χ4v) is 1.77. The highest BCUT2D eigenvalue weighted by molar-refractivity contribution is 6.39. The third kappa shape index (κ3) is 4.66. The minimum absolute atomic E-state index is 0.0574. The second-order valence-electron chi connectivity index (χ2n) is 4.71. The lowest BCUT2D eigenvalue weighted by molar-refractivity contribution is -0.136. The van der Waals surface area contributed by atoms with Crippen molar-refractivity contribution in [3.8, 4) is 0 Å². The van der Waals surface area contributed by atoms with E-state index in [4.69, 9.17) is 5.11 Å². The second kappa shape index (κ2) is 7.65. The first-order chi connectivity index (χ1) is 9.47. The van der Waals surface area contributed by atoms with Crippen LogP contribution < -0.4 is 10.6 Å². The smallest absolute Gasteiger partial charge is 0.313 e. The lowest BCUT2D eigenvalue weighted by Gasteiger charge is -2.12. The molecule has 0 radical (unpaired) electrons. The van der Waals surface area contributed by atoms with E-state index in [1.54, 1.807) is 0 Å². The van der Waals surface area contributed by atoms with Gasteiger partial charge in [0.2, 0.25) is 0 Å². The van der Waals surface area contributed by atoms with Gasteiger partial charge in [0, 0.05) is 12.2 Å². The summed E-state index contributed by atoms with van der Waals surface area (Å²) < 4.78 is 0. The third-order valence-corrected chi connectivity index (χ3v) is 2.98. The molecule has 1 aromatic rings. The van der Waals surface area contributed by atoms with Gasteiger partial charge in [-0.1, -0.05) is 26.0 Å². The van der Waals surface area contributed by atoms with Gasteiger partial charge >= 0.3 is 11.8 Å². The molecule has 3 N–H and O–H groups in total. The molecular formula is C15H22N2O3. The van der Waals surface area contributed by atoms with Gasteiger partial charge in [-0.05, 0) is 37.0 Å². The van der Waals surface area contributed by atoms with Gasteiger partial charge in [0.25, 0.3) is 0 Å². The number of hydrogen-bond acceptors (Lipinski definition) is 3. The van der Waals surface area contributed by atoms with E-state index in [2.05, 4.69) is 10.6 Å². The molecule has 0 aliphatic heterocycles. The van der Waals surface area contributed by atoms with Crippen molar-refractivity contribution in [2.75, 3.05) is 11.9 Å². The van der Waals surface area contributed by atoms with Gasteiger partial charge in [0.15, 0.2) is 0 Å². The first-order valence-corrected chi connectivity index (χ1v) is 6.86. The number of anilines is 1. The summed E-state index contributed by atoms with van der Waals surface area (Å²) in [5.41, 5.74) is 2.75. The molecule has 2 amide bonds.